The number of halogens is 1. The summed E-state index contributed by atoms with van der Waals surface area (Å²) in [6.45, 7) is 4.01. The molecule has 2 rings (SSSR count). The molecule has 1 atom stereocenters. The molecule has 0 fully saturated rings. The van der Waals surface area contributed by atoms with Gasteiger partial charge in [-0.1, -0.05) is 30.3 Å². The van der Waals surface area contributed by atoms with Gasteiger partial charge in [0.1, 0.15) is 11.9 Å². The Morgan fingerprint density at radius 2 is 1.84 bits per heavy atom. The van der Waals surface area contributed by atoms with Gasteiger partial charge in [0.2, 0.25) is 5.91 Å². The minimum absolute atomic E-state index is 0.00181. The summed E-state index contributed by atoms with van der Waals surface area (Å²) in [6, 6.07) is 10.9. The van der Waals surface area contributed by atoms with E-state index in [1.807, 2.05) is 32.0 Å². The number of rotatable bonds is 6. The largest absolute Gasteiger partial charge is 0.467 e. The first-order chi connectivity index (χ1) is 11.9. The van der Waals surface area contributed by atoms with Gasteiger partial charge in [-0.05, 0) is 48.2 Å². The number of nitrogens with one attached hydrogen (secondary N) is 1. The van der Waals surface area contributed by atoms with Crippen LogP contribution in [0, 0.1) is 19.7 Å². The van der Waals surface area contributed by atoms with Crippen LogP contribution in [0.1, 0.15) is 22.3 Å². The molecular weight excluding hydrogens is 321 g/mol. The van der Waals surface area contributed by atoms with Crippen LogP contribution in [-0.2, 0) is 27.2 Å². The number of benzene rings is 2. The van der Waals surface area contributed by atoms with Crippen molar-refractivity contribution in [1.82, 2.24) is 5.32 Å². The first-order valence-corrected chi connectivity index (χ1v) is 8.07. The Hall–Kier alpha value is -2.69. The third-order valence-corrected chi connectivity index (χ3v) is 4.09. The molecule has 1 amide bonds. The molecule has 0 radical (unpaired) electrons. The molecule has 5 heteroatoms. The zero-order valence-electron chi connectivity index (χ0n) is 14.6. The summed E-state index contributed by atoms with van der Waals surface area (Å²) < 4.78 is 18.0. The molecule has 25 heavy (non-hydrogen) atoms. The van der Waals surface area contributed by atoms with E-state index in [0.29, 0.717) is 12.0 Å². The molecule has 4 nitrogen and oxygen atoms in total. The highest BCUT2D eigenvalue weighted by molar-refractivity contribution is 5.85. The second-order valence-corrected chi connectivity index (χ2v) is 6.07. The lowest BCUT2D eigenvalue weighted by molar-refractivity contribution is -0.145. The van der Waals surface area contributed by atoms with Crippen LogP contribution in [-0.4, -0.2) is 25.0 Å². The first-order valence-electron chi connectivity index (χ1n) is 8.07. The Balaban J connectivity index is 2.07. The predicted molar refractivity (Wildman–Crippen MR) is 93.7 cm³/mol. The van der Waals surface area contributed by atoms with Gasteiger partial charge in [-0.3, -0.25) is 4.79 Å². The molecule has 1 N–H and O–H groups in total. The fourth-order valence-corrected chi connectivity index (χ4v) is 2.58. The van der Waals surface area contributed by atoms with Gasteiger partial charge >= 0.3 is 5.97 Å². The van der Waals surface area contributed by atoms with Crippen LogP contribution >= 0.6 is 0 Å². The lowest BCUT2D eigenvalue weighted by atomic mass is 10.0. The molecule has 0 aliphatic heterocycles. The standard InChI is InChI=1S/C20H22FNO3/c1-13-7-8-16(9-14(13)2)11-18(20(24)25-3)22-19(23)12-15-5-4-6-17(21)10-15/h4-10,18H,11-12H2,1-3H3,(H,22,23)/t18-/m1/s1. The molecule has 0 saturated carbocycles. The monoisotopic (exact) mass is 343 g/mol. The van der Waals surface area contributed by atoms with Gasteiger partial charge in [0.15, 0.2) is 0 Å². The van der Waals surface area contributed by atoms with Crippen molar-refractivity contribution in [3.05, 3.63) is 70.5 Å². The third kappa shape index (κ3) is 5.41. The zero-order valence-corrected chi connectivity index (χ0v) is 14.6. The van der Waals surface area contributed by atoms with E-state index in [0.717, 1.165) is 16.7 Å². The van der Waals surface area contributed by atoms with Crippen LogP contribution in [0.3, 0.4) is 0 Å². The van der Waals surface area contributed by atoms with E-state index in [-0.39, 0.29) is 12.3 Å². The summed E-state index contributed by atoms with van der Waals surface area (Å²) >= 11 is 0. The van der Waals surface area contributed by atoms with Crippen LogP contribution in [0.25, 0.3) is 0 Å². The normalized spacial score (nSPS) is 11.7. The maximum atomic E-state index is 13.2. The van der Waals surface area contributed by atoms with Crippen LogP contribution in [0.5, 0.6) is 0 Å². The molecule has 0 aliphatic rings. The van der Waals surface area contributed by atoms with Crippen LogP contribution in [0.2, 0.25) is 0 Å². The maximum Gasteiger partial charge on any atom is 0.328 e. The molecule has 0 heterocycles. The Labute approximate surface area is 147 Å². The van der Waals surface area contributed by atoms with Gasteiger partial charge in [-0.2, -0.15) is 0 Å². The van der Waals surface area contributed by atoms with E-state index in [1.165, 1.54) is 19.2 Å². The fraction of sp³-hybridized carbons (Fsp3) is 0.300. The average molecular weight is 343 g/mol. The minimum Gasteiger partial charge on any atom is -0.467 e. The van der Waals surface area contributed by atoms with Gasteiger partial charge < -0.3 is 10.1 Å². The summed E-state index contributed by atoms with van der Waals surface area (Å²) in [7, 11) is 1.29. The van der Waals surface area contributed by atoms with Crippen molar-refractivity contribution in [2.45, 2.75) is 32.7 Å². The number of carbonyl (C=O) groups excluding carboxylic acids is 2. The highest BCUT2D eigenvalue weighted by atomic mass is 19.1. The number of methoxy groups -OCH3 is 1. The Bertz CT molecular complexity index is 773. The Morgan fingerprint density at radius 1 is 1.08 bits per heavy atom. The summed E-state index contributed by atoms with van der Waals surface area (Å²) in [5.41, 5.74) is 3.76. The van der Waals surface area contributed by atoms with Crippen LogP contribution < -0.4 is 5.32 Å². The van der Waals surface area contributed by atoms with Gasteiger partial charge in [-0.15, -0.1) is 0 Å². The minimum atomic E-state index is -0.784. The topological polar surface area (TPSA) is 55.4 Å². The molecule has 132 valence electrons. The van der Waals surface area contributed by atoms with E-state index < -0.39 is 17.8 Å². The summed E-state index contributed by atoms with van der Waals surface area (Å²) in [6.07, 6.45) is 0.334. The summed E-state index contributed by atoms with van der Waals surface area (Å²) in [5.74, 6) is -1.26. The number of amides is 1. The van der Waals surface area contributed by atoms with E-state index >= 15 is 0 Å². The molecule has 0 aliphatic carbocycles. The van der Waals surface area contributed by atoms with Gasteiger partial charge in [0, 0.05) is 6.42 Å². The van der Waals surface area contributed by atoms with Crippen molar-refractivity contribution in [3.8, 4) is 0 Å². The molecule has 0 aromatic heterocycles. The smallest absolute Gasteiger partial charge is 0.328 e. The van der Waals surface area contributed by atoms with Crippen molar-refractivity contribution in [1.29, 1.82) is 0 Å². The summed E-state index contributed by atoms with van der Waals surface area (Å²) in [5, 5.41) is 2.68. The number of carbonyl (C=O) groups is 2. The molecule has 0 unspecified atom stereocenters. The second kappa shape index (κ2) is 8.42. The quantitative estimate of drug-likeness (QED) is 0.821. The average Bonchev–Trinajstić information content (AvgIpc) is 2.56. The first kappa shape index (κ1) is 18.6. The lowest BCUT2D eigenvalue weighted by Crippen LogP contribution is -2.43. The maximum absolute atomic E-state index is 13.2. The SMILES string of the molecule is COC(=O)[C@@H](Cc1ccc(C)c(C)c1)NC(=O)Cc1cccc(F)c1. The van der Waals surface area contributed by atoms with Gasteiger partial charge in [0.25, 0.3) is 0 Å². The van der Waals surface area contributed by atoms with Gasteiger partial charge in [0.05, 0.1) is 13.5 Å². The van der Waals surface area contributed by atoms with Crippen LogP contribution in [0.15, 0.2) is 42.5 Å². The number of aryl methyl sites for hydroxylation is 2. The van der Waals surface area contributed by atoms with Crippen molar-refractivity contribution in [2.75, 3.05) is 7.11 Å². The van der Waals surface area contributed by atoms with Crippen LogP contribution in [0.4, 0.5) is 4.39 Å². The number of ether oxygens (including phenoxy) is 1. The van der Waals surface area contributed by atoms with Gasteiger partial charge in [-0.25, -0.2) is 9.18 Å². The molecule has 2 aromatic rings. The third-order valence-electron chi connectivity index (χ3n) is 4.09. The van der Waals surface area contributed by atoms with E-state index in [9.17, 15) is 14.0 Å². The van der Waals surface area contributed by atoms with Crippen molar-refractivity contribution in [3.63, 3.8) is 0 Å². The summed E-state index contributed by atoms with van der Waals surface area (Å²) in [4.78, 5) is 24.2. The predicted octanol–water partition coefficient (Wildman–Crippen LogP) is 2.89. The molecule has 0 saturated heterocycles. The number of hydrogen-bond donors (Lipinski definition) is 1. The molecule has 0 bridgehead atoms. The molecular formula is C20H22FNO3. The van der Waals surface area contributed by atoms with Crippen molar-refractivity contribution in [2.24, 2.45) is 0 Å². The highest BCUT2D eigenvalue weighted by Crippen LogP contribution is 2.12. The number of hydrogen-bond acceptors (Lipinski definition) is 3. The molecule has 2 aromatic carbocycles. The fourth-order valence-electron chi connectivity index (χ4n) is 2.58. The Morgan fingerprint density at radius 3 is 2.48 bits per heavy atom. The lowest BCUT2D eigenvalue weighted by Gasteiger charge is -2.17. The second-order valence-electron chi connectivity index (χ2n) is 6.07. The van der Waals surface area contributed by atoms with E-state index in [2.05, 4.69) is 5.32 Å². The van der Waals surface area contributed by atoms with E-state index in [1.54, 1.807) is 12.1 Å². The van der Waals surface area contributed by atoms with E-state index in [4.69, 9.17) is 4.74 Å². The zero-order chi connectivity index (χ0) is 18.4. The molecule has 0 spiro atoms. The Kier molecular flexibility index (Phi) is 6.28. The highest BCUT2D eigenvalue weighted by Gasteiger charge is 2.22. The van der Waals surface area contributed by atoms with Crippen molar-refractivity contribution < 1.29 is 18.7 Å². The number of esters is 1. The van der Waals surface area contributed by atoms with Crippen molar-refractivity contribution >= 4 is 11.9 Å².